The number of hydrogen-bond acceptors (Lipinski definition) is 4. The highest BCUT2D eigenvalue weighted by atomic mass is 79.9. The molecule has 0 aromatic carbocycles. The highest BCUT2D eigenvalue weighted by Gasteiger charge is 2.21. The van der Waals surface area contributed by atoms with Crippen molar-refractivity contribution in [2.75, 3.05) is 17.6 Å². The van der Waals surface area contributed by atoms with Crippen LogP contribution in [0.25, 0.3) is 0 Å². The van der Waals surface area contributed by atoms with Crippen LogP contribution in [0.3, 0.4) is 0 Å². The Labute approximate surface area is 111 Å². The number of hydrogen-bond donors (Lipinski definition) is 2. The van der Waals surface area contributed by atoms with E-state index in [1.54, 1.807) is 0 Å². The van der Waals surface area contributed by atoms with Crippen molar-refractivity contribution in [3.8, 4) is 0 Å². The van der Waals surface area contributed by atoms with E-state index in [0.29, 0.717) is 5.82 Å². The molecule has 5 heteroatoms. The Morgan fingerprint density at radius 1 is 1.41 bits per heavy atom. The second kappa shape index (κ2) is 5.67. The van der Waals surface area contributed by atoms with E-state index in [0.717, 1.165) is 28.7 Å². The lowest BCUT2D eigenvalue weighted by Gasteiger charge is -2.29. The molecule has 0 aliphatic heterocycles. The van der Waals surface area contributed by atoms with Gasteiger partial charge in [0.1, 0.15) is 22.4 Å². The molecule has 2 atom stereocenters. The summed E-state index contributed by atoms with van der Waals surface area (Å²) in [5.74, 6) is 2.83. The van der Waals surface area contributed by atoms with Crippen LogP contribution in [-0.2, 0) is 0 Å². The minimum absolute atomic E-state index is 0.485. The average molecular weight is 299 g/mol. The zero-order valence-corrected chi connectivity index (χ0v) is 11.7. The van der Waals surface area contributed by atoms with E-state index in [2.05, 4.69) is 38.1 Å². The highest BCUT2D eigenvalue weighted by molar-refractivity contribution is 9.10. The molecule has 4 nitrogen and oxygen atoms in total. The van der Waals surface area contributed by atoms with Crippen molar-refractivity contribution in [3.63, 3.8) is 0 Å². The van der Waals surface area contributed by atoms with E-state index in [1.807, 2.05) is 0 Å². The van der Waals surface area contributed by atoms with Crippen LogP contribution in [0.4, 0.5) is 11.6 Å². The molecule has 17 heavy (non-hydrogen) atoms. The summed E-state index contributed by atoms with van der Waals surface area (Å²) in [6, 6.07) is 0. The van der Waals surface area contributed by atoms with Crippen molar-refractivity contribution < 1.29 is 0 Å². The van der Waals surface area contributed by atoms with E-state index < -0.39 is 0 Å². The average Bonchev–Trinajstić information content (AvgIpc) is 2.33. The summed E-state index contributed by atoms with van der Waals surface area (Å²) in [5.41, 5.74) is 5.72. The summed E-state index contributed by atoms with van der Waals surface area (Å²) in [6.45, 7) is 3.31. The van der Waals surface area contributed by atoms with Gasteiger partial charge in [0.2, 0.25) is 0 Å². The standard InChI is InChI=1S/C12H19BrN4/c1-8-4-2-3-5-9(8)6-15-12-10(13)11(14)16-7-17-12/h7-9H,2-6H2,1H3,(H3,14,15,16,17). The fourth-order valence-corrected chi connectivity index (χ4v) is 2.78. The molecule has 2 unspecified atom stereocenters. The normalized spacial score (nSPS) is 24.6. The maximum Gasteiger partial charge on any atom is 0.145 e. The van der Waals surface area contributed by atoms with Gasteiger partial charge >= 0.3 is 0 Å². The first-order valence-corrected chi connectivity index (χ1v) is 6.97. The molecule has 1 heterocycles. The molecule has 0 radical (unpaired) electrons. The molecule has 0 spiro atoms. The second-order valence-electron chi connectivity index (χ2n) is 4.82. The third-order valence-corrected chi connectivity index (χ3v) is 4.42. The van der Waals surface area contributed by atoms with Gasteiger partial charge in [-0.1, -0.05) is 26.2 Å². The molecule has 94 valence electrons. The maximum atomic E-state index is 5.72. The van der Waals surface area contributed by atoms with Gasteiger partial charge in [0.25, 0.3) is 0 Å². The Balaban J connectivity index is 1.95. The van der Waals surface area contributed by atoms with Gasteiger partial charge in [-0.25, -0.2) is 9.97 Å². The summed E-state index contributed by atoms with van der Waals surface area (Å²) in [4.78, 5) is 8.13. The van der Waals surface area contributed by atoms with Crippen molar-refractivity contribution in [3.05, 3.63) is 10.8 Å². The smallest absolute Gasteiger partial charge is 0.145 e. The maximum absolute atomic E-state index is 5.72. The van der Waals surface area contributed by atoms with Crippen molar-refractivity contribution >= 4 is 27.6 Å². The van der Waals surface area contributed by atoms with Gasteiger partial charge in [0.15, 0.2) is 0 Å². The van der Waals surface area contributed by atoms with E-state index in [-0.39, 0.29) is 0 Å². The lowest BCUT2D eigenvalue weighted by atomic mass is 9.80. The first-order chi connectivity index (χ1) is 8.18. The summed E-state index contributed by atoms with van der Waals surface area (Å²) >= 11 is 3.41. The van der Waals surface area contributed by atoms with Gasteiger partial charge < -0.3 is 11.1 Å². The Morgan fingerprint density at radius 2 is 2.18 bits per heavy atom. The molecule has 0 saturated heterocycles. The number of nitrogen functional groups attached to an aromatic ring is 1. The number of rotatable bonds is 3. The molecular weight excluding hydrogens is 280 g/mol. The number of nitrogens with one attached hydrogen (secondary N) is 1. The van der Waals surface area contributed by atoms with Gasteiger partial charge in [-0.15, -0.1) is 0 Å². The van der Waals surface area contributed by atoms with Crippen molar-refractivity contribution in [1.82, 2.24) is 9.97 Å². The minimum atomic E-state index is 0.485. The molecule has 3 N–H and O–H groups in total. The molecule has 1 aromatic rings. The Hall–Kier alpha value is -0.840. The highest BCUT2D eigenvalue weighted by Crippen LogP contribution is 2.30. The summed E-state index contributed by atoms with van der Waals surface area (Å²) in [5, 5.41) is 3.38. The van der Waals surface area contributed by atoms with Gasteiger partial charge in [-0.05, 0) is 34.2 Å². The van der Waals surface area contributed by atoms with Crippen LogP contribution in [0.15, 0.2) is 10.8 Å². The fourth-order valence-electron chi connectivity index (χ4n) is 2.43. The Bertz CT molecular complexity index is 383. The molecule has 0 amide bonds. The number of halogens is 1. The first-order valence-electron chi connectivity index (χ1n) is 6.18. The molecule has 1 saturated carbocycles. The largest absolute Gasteiger partial charge is 0.383 e. The Kier molecular flexibility index (Phi) is 4.20. The van der Waals surface area contributed by atoms with Gasteiger partial charge in [0, 0.05) is 6.54 Å². The predicted molar refractivity (Wildman–Crippen MR) is 73.8 cm³/mol. The van der Waals surface area contributed by atoms with Gasteiger partial charge in [0.05, 0.1) is 0 Å². The lowest BCUT2D eigenvalue weighted by Crippen LogP contribution is -2.24. The van der Waals surface area contributed by atoms with Crippen molar-refractivity contribution in [2.45, 2.75) is 32.6 Å². The van der Waals surface area contributed by atoms with E-state index >= 15 is 0 Å². The molecule has 1 aliphatic rings. The van der Waals surface area contributed by atoms with Crippen LogP contribution in [0.5, 0.6) is 0 Å². The van der Waals surface area contributed by atoms with Crippen molar-refractivity contribution in [2.24, 2.45) is 11.8 Å². The van der Waals surface area contributed by atoms with E-state index in [9.17, 15) is 0 Å². The molecule has 2 rings (SSSR count). The quantitative estimate of drug-likeness (QED) is 0.900. The van der Waals surface area contributed by atoms with Crippen LogP contribution in [0.1, 0.15) is 32.6 Å². The van der Waals surface area contributed by atoms with E-state index in [4.69, 9.17) is 5.73 Å². The summed E-state index contributed by atoms with van der Waals surface area (Å²) < 4.78 is 0.767. The third kappa shape index (κ3) is 3.09. The van der Waals surface area contributed by atoms with Crippen LogP contribution < -0.4 is 11.1 Å². The molecule has 1 aromatic heterocycles. The number of nitrogens with two attached hydrogens (primary N) is 1. The van der Waals surface area contributed by atoms with Crippen LogP contribution in [0, 0.1) is 11.8 Å². The minimum Gasteiger partial charge on any atom is -0.383 e. The fraction of sp³-hybridized carbons (Fsp3) is 0.667. The third-order valence-electron chi connectivity index (χ3n) is 3.64. The van der Waals surface area contributed by atoms with Gasteiger partial charge in [-0.2, -0.15) is 0 Å². The topological polar surface area (TPSA) is 63.8 Å². The monoisotopic (exact) mass is 298 g/mol. The predicted octanol–water partition coefficient (Wildman–Crippen LogP) is 3.06. The number of nitrogens with zero attached hydrogens (tertiary/aromatic N) is 2. The molecule has 1 aliphatic carbocycles. The van der Waals surface area contributed by atoms with E-state index in [1.165, 1.54) is 32.0 Å². The summed E-state index contributed by atoms with van der Waals surface area (Å²) in [7, 11) is 0. The molecular formula is C12H19BrN4. The lowest BCUT2D eigenvalue weighted by molar-refractivity contribution is 0.268. The number of anilines is 2. The van der Waals surface area contributed by atoms with Crippen LogP contribution in [0.2, 0.25) is 0 Å². The van der Waals surface area contributed by atoms with Crippen LogP contribution >= 0.6 is 15.9 Å². The summed E-state index contributed by atoms with van der Waals surface area (Å²) in [6.07, 6.45) is 6.88. The molecule has 1 fully saturated rings. The number of aromatic nitrogens is 2. The zero-order chi connectivity index (χ0) is 12.3. The first kappa shape index (κ1) is 12.6. The van der Waals surface area contributed by atoms with Gasteiger partial charge in [-0.3, -0.25) is 0 Å². The van der Waals surface area contributed by atoms with Crippen LogP contribution in [-0.4, -0.2) is 16.5 Å². The Morgan fingerprint density at radius 3 is 2.94 bits per heavy atom. The second-order valence-corrected chi connectivity index (χ2v) is 5.62. The SMILES string of the molecule is CC1CCCCC1CNc1ncnc(N)c1Br. The van der Waals surface area contributed by atoms with Crippen molar-refractivity contribution in [1.29, 1.82) is 0 Å². The molecule has 0 bridgehead atoms. The zero-order valence-electron chi connectivity index (χ0n) is 10.1.